The lowest BCUT2D eigenvalue weighted by molar-refractivity contribution is 0.0909. The first-order valence-electron chi connectivity index (χ1n) is 13.0. The van der Waals surface area contributed by atoms with E-state index in [-0.39, 0.29) is 5.78 Å². The molecule has 0 aliphatic rings. The van der Waals surface area contributed by atoms with Crippen LogP contribution in [0.1, 0.15) is 99.0 Å². The van der Waals surface area contributed by atoms with Crippen LogP contribution in [0.25, 0.3) is 6.08 Å². The maximum atomic E-state index is 13.6. The number of para-hydroxylation sites is 1. The number of hydrogen-bond donors (Lipinski definition) is 0. The number of allylic oxidation sites excluding steroid dienone is 1. The fourth-order valence-electron chi connectivity index (χ4n) is 3.49. The van der Waals surface area contributed by atoms with Crippen molar-refractivity contribution < 1.29 is 28.5 Å². The van der Waals surface area contributed by atoms with Crippen LogP contribution in [0.4, 0.5) is 0 Å². The second kappa shape index (κ2) is 11.3. The minimum atomic E-state index is -0.532. The lowest BCUT2D eigenvalue weighted by atomic mass is 10.0. The predicted octanol–water partition coefficient (Wildman–Crippen LogP) is 8.30. The minimum Gasteiger partial charge on any atom is -0.493 e. The van der Waals surface area contributed by atoms with Gasteiger partial charge in [0.15, 0.2) is 28.8 Å². The van der Waals surface area contributed by atoms with Crippen molar-refractivity contribution in [3.05, 3.63) is 47.5 Å². The van der Waals surface area contributed by atoms with Gasteiger partial charge in [-0.3, -0.25) is 4.79 Å². The molecule has 2 aromatic carbocycles. The Kier molecular flexibility index (Phi) is 9.24. The zero-order chi connectivity index (χ0) is 29.1. The van der Waals surface area contributed by atoms with Crippen LogP contribution >= 0.6 is 0 Å². The van der Waals surface area contributed by atoms with Gasteiger partial charge in [0.1, 0.15) is 28.2 Å². The molecule has 0 radical (unpaired) electrons. The second-order valence-electron chi connectivity index (χ2n) is 13.2. The molecule has 0 fully saturated rings. The van der Waals surface area contributed by atoms with Crippen molar-refractivity contribution in [1.29, 1.82) is 0 Å². The smallest absolute Gasteiger partial charge is 0.189 e. The van der Waals surface area contributed by atoms with Crippen LogP contribution in [-0.2, 0) is 0 Å². The number of carbonyl (C=O) groups excluding carboxylic acids is 1. The molecule has 0 unspecified atom stereocenters. The van der Waals surface area contributed by atoms with E-state index < -0.39 is 22.4 Å². The summed E-state index contributed by atoms with van der Waals surface area (Å²) in [6.45, 7) is 23.5. The normalized spacial score (nSPS) is 12.9. The molecule has 0 saturated heterocycles. The Bertz CT molecular complexity index is 1150. The average molecular weight is 527 g/mol. The van der Waals surface area contributed by atoms with Crippen LogP contribution in [0.3, 0.4) is 0 Å². The van der Waals surface area contributed by atoms with E-state index in [9.17, 15) is 4.79 Å². The molecule has 2 aromatic rings. The molecule has 0 amide bonds. The highest BCUT2D eigenvalue weighted by Crippen LogP contribution is 2.40. The molecule has 0 saturated carbocycles. The third-order valence-corrected chi connectivity index (χ3v) is 4.59. The monoisotopic (exact) mass is 526 g/mol. The molecule has 0 aliphatic heterocycles. The first-order chi connectivity index (χ1) is 17.2. The number of hydrogen-bond acceptors (Lipinski definition) is 6. The van der Waals surface area contributed by atoms with Gasteiger partial charge in [-0.25, -0.2) is 0 Å². The summed E-state index contributed by atoms with van der Waals surface area (Å²) in [7, 11) is 1.58. The number of carbonyl (C=O) groups is 1. The minimum absolute atomic E-state index is 0.230. The highest BCUT2D eigenvalue weighted by Gasteiger charge is 2.25. The van der Waals surface area contributed by atoms with Crippen molar-refractivity contribution in [2.45, 2.75) is 105 Å². The Morgan fingerprint density at radius 1 is 0.658 bits per heavy atom. The molecular weight excluding hydrogens is 480 g/mol. The maximum Gasteiger partial charge on any atom is 0.189 e. The van der Waals surface area contributed by atoms with Crippen LogP contribution in [0, 0.1) is 0 Å². The zero-order valence-corrected chi connectivity index (χ0v) is 25.5. The number of rotatable bonds is 8. The van der Waals surface area contributed by atoms with E-state index >= 15 is 0 Å². The van der Waals surface area contributed by atoms with Gasteiger partial charge in [-0.2, -0.15) is 0 Å². The Labute approximate surface area is 229 Å². The number of methoxy groups -OCH3 is 1. The summed E-state index contributed by atoms with van der Waals surface area (Å²) in [5.41, 5.74) is -0.830. The van der Waals surface area contributed by atoms with Gasteiger partial charge in [0.25, 0.3) is 0 Å². The van der Waals surface area contributed by atoms with Crippen LogP contribution in [0.2, 0.25) is 0 Å². The first-order valence-corrected chi connectivity index (χ1v) is 13.0. The molecule has 2 rings (SSSR count). The maximum absolute atomic E-state index is 13.6. The van der Waals surface area contributed by atoms with E-state index in [1.54, 1.807) is 31.4 Å². The summed E-state index contributed by atoms with van der Waals surface area (Å²) in [4.78, 5) is 13.6. The van der Waals surface area contributed by atoms with Crippen LogP contribution in [0.15, 0.2) is 36.4 Å². The Hall–Kier alpha value is -3.15. The van der Waals surface area contributed by atoms with Gasteiger partial charge in [-0.15, -0.1) is 0 Å². The van der Waals surface area contributed by atoms with Gasteiger partial charge in [-0.05, 0) is 113 Å². The van der Waals surface area contributed by atoms with Gasteiger partial charge < -0.3 is 23.7 Å². The quantitative estimate of drug-likeness (QED) is 0.255. The lowest BCUT2D eigenvalue weighted by Gasteiger charge is -2.28. The van der Waals surface area contributed by atoms with Crippen LogP contribution in [-0.4, -0.2) is 35.3 Å². The molecule has 210 valence electrons. The third kappa shape index (κ3) is 9.96. The first kappa shape index (κ1) is 31.1. The summed E-state index contributed by atoms with van der Waals surface area (Å²) >= 11 is 0. The fraction of sp³-hybridized carbons (Fsp3) is 0.531. The third-order valence-electron chi connectivity index (χ3n) is 4.59. The van der Waals surface area contributed by atoms with Gasteiger partial charge in [0, 0.05) is 11.6 Å². The molecule has 6 nitrogen and oxygen atoms in total. The van der Waals surface area contributed by atoms with Crippen molar-refractivity contribution in [2.75, 3.05) is 7.11 Å². The lowest BCUT2D eigenvalue weighted by Crippen LogP contribution is -2.27. The summed E-state index contributed by atoms with van der Waals surface area (Å²) in [5, 5.41) is 0. The van der Waals surface area contributed by atoms with E-state index in [0.29, 0.717) is 39.9 Å². The molecule has 0 aliphatic carbocycles. The van der Waals surface area contributed by atoms with Crippen molar-refractivity contribution in [2.24, 2.45) is 0 Å². The Balaban J connectivity index is 2.63. The molecule has 0 aromatic heterocycles. The fourth-order valence-corrected chi connectivity index (χ4v) is 3.49. The second-order valence-corrected chi connectivity index (χ2v) is 13.2. The van der Waals surface area contributed by atoms with Crippen molar-refractivity contribution >= 4 is 11.9 Å². The Morgan fingerprint density at radius 3 is 1.68 bits per heavy atom. The van der Waals surface area contributed by atoms with Gasteiger partial charge >= 0.3 is 0 Å². The van der Waals surface area contributed by atoms with Gasteiger partial charge in [-0.1, -0.05) is 6.07 Å². The average Bonchev–Trinajstić information content (AvgIpc) is 2.70. The number of benzene rings is 2. The summed E-state index contributed by atoms with van der Waals surface area (Å²) in [5.74, 6) is 2.36. The van der Waals surface area contributed by atoms with Crippen LogP contribution in [0.5, 0.6) is 28.7 Å². The van der Waals surface area contributed by atoms with E-state index in [1.807, 2.05) is 95.2 Å². The molecule has 38 heavy (non-hydrogen) atoms. The number of ketones is 1. The van der Waals surface area contributed by atoms with E-state index in [0.717, 1.165) is 0 Å². The zero-order valence-electron chi connectivity index (χ0n) is 25.5. The standard InChI is InChI=1S/C32H46O6/c1-29(2,3)35-22-19-21(27(26(20-22)34-13)37-31(7,8)9)17-18-24(33)23-15-14-16-25(36-30(4,5)6)28(23)38-32(10,11)12/h14-20H,1-13H3/b18-17+. The van der Waals surface area contributed by atoms with E-state index in [4.69, 9.17) is 23.7 Å². The van der Waals surface area contributed by atoms with E-state index in [1.165, 1.54) is 6.08 Å². The molecule has 0 N–H and O–H groups in total. The SMILES string of the molecule is COc1cc(OC(C)(C)C)cc(/C=C/C(=O)c2cccc(OC(C)(C)C)c2OC(C)(C)C)c1OC(C)(C)C. The summed E-state index contributed by atoms with van der Waals surface area (Å²) < 4.78 is 30.4. The molecular formula is C32H46O6. The van der Waals surface area contributed by atoms with Gasteiger partial charge in [0.05, 0.1) is 12.7 Å². The van der Waals surface area contributed by atoms with Crippen molar-refractivity contribution in [1.82, 2.24) is 0 Å². The topological polar surface area (TPSA) is 63.2 Å². The van der Waals surface area contributed by atoms with Crippen molar-refractivity contribution in [3.63, 3.8) is 0 Å². The molecule has 0 heterocycles. The molecule has 0 bridgehead atoms. The van der Waals surface area contributed by atoms with Crippen molar-refractivity contribution in [3.8, 4) is 28.7 Å². The number of ether oxygens (including phenoxy) is 5. The van der Waals surface area contributed by atoms with E-state index in [2.05, 4.69) is 0 Å². The summed E-state index contributed by atoms with van der Waals surface area (Å²) in [6, 6.07) is 9.01. The summed E-state index contributed by atoms with van der Waals surface area (Å²) in [6.07, 6.45) is 3.23. The predicted molar refractivity (Wildman–Crippen MR) is 154 cm³/mol. The largest absolute Gasteiger partial charge is 0.493 e. The van der Waals surface area contributed by atoms with Crippen LogP contribution < -0.4 is 23.7 Å². The highest BCUT2D eigenvalue weighted by molar-refractivity contribution is 6.09. The Morgan fingerprint density at radius 2 is 1.18 bits per heavy atom. The van der Waals surface area contributed by atoms with Gasteiger partial charge in [0.2, 0.25) is 0 Å². The molecule has 0 atom stereocenters. The molecule has 0 spiro atoms. The molecule has 6 heteroatoms. The highest BCUT2D eigenvalue weighted by atomic mass is 16.5.